The molecule has 0 aromatic carbocycles. The second kappa shape index (κ2) is 38.1. The predicted octanol–water partition coefficient (Wildman–Crippen LogP) is 9.89. The van der Waals surface area contributed by atoms with Crippen LogP contribution in [0.5, 0.6) is 0 Å². The maximum atomic E-state index is 12.8. The summed E-state index contributed by atoms with van der Waals surface area (Å²) in [6.45, 7) is 3.38. The van der Waals surface area contributed by atoms with Gasteiger partial charge in [-0.05, 0) is 70.6 Å². The molecule has 6 atom stereocenters. The molecule has 0 bridgehead atoms. The number of aliphatic hydroxyl groups excluding tert-OH is 4. The molecule has 0 radical (unpaired) electrons. The molecule has 1 fully saturated rings. The fourth-order valence-electron chi connectivity index (χ4n) is 6.80. The molecule has 0 amide bonds. The summed E-state index contributed by atoms with van der Waals surface area (Å²) in [6, 6.07) is 0. The summed E-state index contributed by atoms with van der Waals surface area (Å²) in [5.41, 5.74) is 0. The van der Waals surface area contributed by atoms with Crippen molar-refractivity contribution in [3.63, 3.8) is 0 Å². The van der Waals surface area contributed by atoms with Crippen molar-refractivity contribution in [1.29, 1.82) is 0 Å². The van der Waals surface area contributed by atoms with Gasteiger partial charge in [0.05, 0.1) is 13.2 Å². The van der Waals surface area contributed by atoms with E-state index in [0.29, 0.717) is 12.8 Å². The fourth-order valence-corrected chi connectivity index (χ4v) is 6.80. The standard InChI is InChI=1S/C47H84O10/c1-3-5-7-9-11-13-15-17-19-20-22-24-26-28-30-32-34-36-43(50)56-40(39-55-47-46(53)45(52)44(51)41(37-48)57-47)38-54-42(49)35-33-31-29-27-25-23-21-18-16-14-12-10-8-6-4-2/h12,14,17-19,21,40-41,44-48,51-53H,3-11,13,15-16,20,22-39H2,1-2H3/b14-12+,19-17+,21-18+/t40-,41-,44+,45?,46?,47-/m1/s1. The second-order valence-corrected chi connectivity index (χ2v) is 15.8. The van der Waals surface area contributed by atoms with Crippen molar-refractivity contribution in [1.82, 2.24) is 0 Å². The Morgan fingerprint density at radius 3 is 1.51 bits per heavy atom. The zero-order chi connectivity index (χ0) is 41.6. The van der Waals surface area contributed by atoms with E-state index in [9.17, 15) is 30.0 Å². The quantitative estimate of drug-likeness (QED) is 0.0270. The van der Waals surface area contributed by atoms with Crippen molar-refractivity contribution >= 4 is 11.9 Å². The molecule has 4 N–H and O–H groups in total. The highest BCUT2D eigenvalue weighted by molar-refractivity contribution is 5.70. The Morgan fingerprint density at radius 1 is 0.544 bits per heavy atom. The summed E-state index contributed by atoms with van der Waals surface area (Å²) >= 11 is 0. The first kappa shape index (κ1) is 52.9. The van der Waals surface area contributed by atoms with E-state index < -0.39 is 55.4 Å². The van der Waals surface area contributed by atoms with Gasteiger partial charge in [0.1, 0.15) is 31.0 Å². The van der Waals surface area contributed by atoms with Gasteiger partial charge in [-0.25, -0.2) is 0 Å². The molecule has 1 heterocycles. The van der Waals surface area contributed by atoms with E-state index in [1.54, 1.807) is 0 Å². The van der Waals surface area contributed by atoms with Gasteiger partial charge < -0.3 is 39.4 Å². The van der Waals surface area contributed by atoms with Gasteiger partial charge in [0.2, 0.25) is 0 Å². The summed E-state index contributed by atoms with van der Waals surface area (Å²) in [4.78, 5) is 25.3. The zero-order valence-electron chi connectivity index (χ0n) is 36.1. The molecule has 2 unspecified atom stereocenters. The highest BCUT2D eigenvalue weighted by Gasteiger charge is 2.44. The number of rotatable bonds is 38. The average Bonchev–Trinajstić information content (AvgIpc) is 3.21. The zero-order valence-corrected chi connectivity index (χ0v) is 36.1. The predicted molar refractivity (Wildman–Crippen MR) is 229 cm³/mol. The summed E-state index contributed by atoms with van der Waals surface area (Å²) in [5, 5.41) is 40.1. The SMILES string of the molecule is CCCCC/C=C/C/C=C/CCCCCCCC(=O)OC[C@H](CO[C@@H]1O[C@H](CO)[C@H](O)C(O)C1O)OC(=O)CCCCCCCCC/C=C/CCCCCCCC. The summed E-state index contributed by atoms with van der Waals surface area (Å²) in [6.07, 6.45) is 35.7. The van der Waals surface area contributed by atoms with Crippen LogP contribution in [0, 0.1) is 0 Å². The maximum Gasteiger partial charge on any atom is 0.306 e. The molecular formula is C47H84O10. The first-order chi connectivity index (χ1) is 27.8. The number of hydrogen-bond donors (Lipinski definition) is 4. The van der Waals surface area contributed by atoms with E-state index in [2.05, 4.69) is 50.3 Å². The number of allylic oxidation sites excluding steroid dienone is 6. The van der Waals surface area contributed by atoms with Gasteiger partial charge in [0.15, 0.2) is 12.4 Å². The van der Waals surface area contributed by atoms with E-state index in [0.717, 1.165) is 64.2 Å². The normalized spacial score (nSPS) is 20.6. The molecule has 10 nitrogen and oxygen atoms in total. The van der Waals surface area contributed by atoms with Gasteiger partial charge in [-0.2, -0.15) is 0 Å². The van der Waals surface area contributed by atoms with E-state index in [4.69, 9.17) is 18.9 Å². The van der Waals surface area contributed by atoms with Crippen LogP contribution in [0.1, 0.15) is 194 Å². The molecule has 332 valence electrons. The third-order valence-corrected chi connectivity index (χ3v) is 10.5. The highest BCUT2D eigenvalue weighted by Crippen LogP contribution is 2.22. The molecular weight excluding hydrogens is 725 g/mol. The van der Waals surface area contributed by atoms with E-state index in [-0.39, 0.29) is 26.1 Å². The number of esters is 2. The molecule has 0 aromatic rings. The van der Waals surface area contributed by atoms with Crippen LogP contribution in [-0.4, -0.2) is 89.0 Å². The minimum atomic E-state index is -1.60. The van der Waals surface area contributed by atoms with Crippen LogP contribution in [0.25, 0.3) is 0 Å². The number of carbonyl (C=O) groups excluding carboxylic acids is 2. The van der Waals surface area contributed by atoms with Crippen LogP contribution >= 0.6 is 0 Å². The monoisotopic (exact) mass is 809 g/mol. The first-order valence-corrected chi connectivity index (χ1v) is 23.1. The van der Waals surface area contributed by atoms with Gasteiger partial charge in [0.25, 0.3) is 0 Å². The lowest BCUT2D eigenvalue weighted by Gasteiger charge is -2.39. The molecule has 0 saturated carbocycles. The minimum absolute atomic E-state index is 0.222. The molecule has 57 heavy (non-hydrogen) atoms. The second-order valence-electron chi connectivity index (χ2n) is 15.8. The Kier molecular flexibility index (Phi) is 35.4. The van der Waals surface area contributed by atoms with Gasteiger partial charge in [-0.1, -0.05) is 147 Å². The van der Waals surface area contributed by atoms with E-state index in [1.807, 2.05) is 0 Å². The smallest absolute Gasteiger partial charge is 0.306 e. The van der Waals surface area contributed by atoms with Crippen molar-refractivity contribution in [2.45, 2.75) is 230 Å². The number of carbonyl (C=O) groups is 2. The van der Waals surface area contributed by atoms with Gasteiger partial charge >= 0.3 is 11.9 Å². The molecule has 10 heteroatoms. The van der Waals surface area contributed by atoms with Crippen LogP contribution in [0.15, 0.2) is 36.5 Å². The van der Waals surface area contributed by atoms with Crippen LogP contribution in [0.3, 0.4) is 0 Å². The van der Waals surface area contributed by atoms with Crippen LogP contribution in [0.2, 0.25) is 0 Å². The van der Waals surface area contributed by atoms with E-state index >= 15 is 0 Å². The summed E-state index contributed by atoms with van der Waals surface area (Å²) in [5.74, 6) is -0.825. The van der Waals surface area contributed by atoms with Crippen molar-refractivity contribution in [3.05, 3.63) is 36.5 Å². The van der Waals surface area contributed by atoms with Crippen LogP contribution in [-0.2, 0) is 28.5 Å². The van der Waals surface area contributed by atoms with E-state index in [1.165, 1.54) is 89.9 Å². The number of unbranched alkanes of at least 4 members (excludes halogenated alkanes) is 21. The molecule has 1 aliphatic rings. The van der Waals surface area contributed by atoms with Gasteiger partial charge in [-0.15, -0.1) is 0 Å². The topological polar surface area (TPSA) is 152 Å². The fraction of sp³-hybridized carbons (Fsp3) is 0.830. The Balaban J connectivity index is 2.33. The summed E-state index contributed by atoms with van der Waals surface area (Å²) < 4.78 is 22.2. The lowest BCUT2D eigenvalue weighted by molar-refractivity contribution is -0.305. The Labute approximate surface area is 346 Å². The average molecular weight is 809 g/mol. The van der Waals surface area contributed by atoms with Crippen molar-refractivity contribution in [2.75, 3.05) is 19.8 Å². The third-order valence-electron chi connectivity index (χ3n) is 10.5. The van der Waals surface area contributed by atoms with Crippen LogP contribution < -0.4 is 0 Å². The minimum Gasteiger partial charge on any atom is -0.462 e. The Morgan fingerprint density at radius 2 is 0.982 bits per heavy atom. The van der Waals surface area contributed by atoms with Crippen molar-refractivity contribution in [3.8, 4) is 0 Å². The molecule has 1 aliphatic heterocycles. The maximum absolute atomic E-state index is 12.8. The molecule has 0 spiro atoms. The molecule has 1 saturated heterocycles. The third kappa shape index (κ3) is 29.7. The molecule has 1 rings (SSSR count). The highest BCUT2D eigenvalue weighted by atomic mass is 16.7. The van der Waals surface area contributed by atoms with Gasteiger partial charge in [-0.3, -0.25) is 9.59 Å². The number of hydrogen-bond acceptors (Lipinski definition) is 10. The van der Waals surface area contributed by atoms with Gasteiger partial charge in [0, 0.05) is 12.8 Å². The van der Waals surface area contributed by atoms with Crippen molar-refractivity contribution < 1.29 is 49.0 Å². The molecule has 0 aliphatic carbocycles. The lowest BCUT2D eigenvalue weighted by Crippen LogP contribution is -2.59. The number of ether oxygens (including phenoxy) is 4. The summed E-state index contributed by atoms with van der Waals surface area (Å²) in [7, 11) is 0. The lowest BCUT2D eigenvalue weighted by atomic mass is 9.99. The molecule has 0 aromatic heterocycles. The van der Waals surface area contributed by atoms with Crippen LogP contribution in [0.4, 0.5) is 0 Å². The van der Waals surface area contributed by atoms with Crippen molar-refractivity contribution in [2.24, 2.45) is 0 Å². The number of aliphatic hydroxyl groups is 4. The first-order valence-electron chi connectivity index (χ1n) is 23.1. The largest absolute Gasteiger partial charge is 0.462 e. The Hall–Kier alpha value is -2.08. The Bertz CT molecular complexity index is 1030.